The first-order valence-corrected chi connectivity index (χ1v) is 7.35. The van der Waals surface area contributed by atoms with Crippen LogP contribution in [0, 0.1) is 6.92 Å². The standard InChI is InChI=1S/C15H19N3O4/c1-9-13(3-4-22-9)15(21)17-7-12-5-11(16-10(2)19)6-18(12)14(20)8-17/h3-4,11-12H,5-8H2,1-2H3,(H,16,19)/t11-,12-/m0/s1. The Balaban J connectivity index is 1.71. The van der Waals surface area contributed by atoms with Gasteiger partial charge in [-0.25, -0.2) is 0 Å². The average Bonchev–Trinajstić information content (AvgIpc) is 3.03. The smallest absolute Gasteiger partial charge is 0.257 e. The van der Waals surface area contributed by atoms with Gasteiger partial charge in [-0.15, -0.1) is 0 Å². The highest BCUT2D eigenvalue weighted by atomic mass is 16.3. The van der Waals surface area contributed by atoms with Gasteiger partial charge < -0.3 is 19.5 Å². The summed E-state index contributed by atoms with van der Waals surface area (Å²) in [6, 6.07) is 1.56. The fourth-order valence-corrected chi connectivity index (χ4v) is 3.29. The summed E-state index contributed by atoms with van der Waals surface area (Å²) in [5.74, 6) is 0.211. The Morgan fingerprint density at radius 3 is 2.77 bits per heavy atom. The first-order chi connectivity index (χ1) is 10.5. The lowest BCUT2D eigenvalue weighted by Crippen LogP contribution is -2.55. The quantitative estimate of drug-likeness (QED) is 0.843. The Bertz CT molecular complexity index is 624. The molecule has 0 aromatic carbocycles. The number of aryl methyl sites for hydroxylation is 1. The van der Waals surface area contributed by atoms with E-state index in [-0.39, 0.29) is 36.3 Å². The first-order valence-electron chi connectivity index (χ1n) is 7.35. The van der Waals surface area contributed by atoms with Crippen molar-refractivity contribution >= 4 is 17.7 Å². The lowest BCUT2D eigenvalue weighted by Gasteiger charge is -2.36. The number of hydrogen-bond donors (Lipinski definition) is 1. The van der Waals surface area contributed by atoms with Crippen LogP contribution in [-0.4, -0.2) is 59.2 Å². The highest BCUT2D eigenvalue weighted by Gasteiger charge is 2.42. The van der Waals surface area contributed by atoms with E-state index >= 15 is 0 Å². The number of furan rings is 1. The Labute approximate surface area is 128 Å². The molecule has 2 fully saturated rings. The number of fused-ring (bicyclic) bond motifs is 1. The van der Waals surface area contributed by atoms with E-state index in [2.05, 4.69) is 5.32 Å². The second-order valence-corrected chi connectivity index (χ2v) is 5.91. The molecule has 3 rings (SSSR count). The molecular formula is C15H19N3O4. The van der Waals surface area contributed by atoms with Gasteiger partial charge in [0.15, 0.2) is 0 Å². The van der Waals surface area contributed by atoms with Crippen LogP contribution in [0.3, 0.4) is 0 Å². The summed E-state index contributed by atoms with van der Waals surface area (Å²) < 4.78 is 5.16. The number of nitrogens with one attached hydrogen (secondary N) is 1. The molecular weight excluding hydrogens is 286 g/mol. The number of rotatable bonds is 2. The van der Waals surface area contributed by atoms with Gasteiger partial charge in [-0.05, 0) is 19.4 Å². The number of piperazine rings is 1. The fourth-order valence-electron chi connectivity index (χ4n) is 3.29. The van der Waals surface area contributed by atoms with E-state index in [0.29, 0.717) is 30.8 Å². The third kappa shape index (κ3) is 2.58. The predicted molar refractivity (Wildman–Crippen MR) is 77.1 cm³/mol. The molecule has 3 amide bonds. The van der Waals surface area contributed by atoms with Crippen LogP contribution in [0.25, 0.3) is 0 Å². The van der Waals surface area contributed by atoms with Crippen LogP contribution in [0.2, 0.25) is 0 Å². The zero-order valence-corrected chi connectivity index (χ0v) is 12.7. The number of nitrogens with zero attached hydrogens (tertiary/aromatic N) is 2. The van der Waals surface area contributed by atoms with E-state index in [1.54, 1.807) is 22.8 Å². The van der Waals surface area contributed by atoms with Crippen molar-refractivity contribution in [2.24, 2.45) is 0 Å². The highest BCUT2D eigenvalue weighted by molar-refractivity contribution is 5.98. The summed E-state index contributed by atoms with van der Waals surface area (Å²) in [5.41, 5.74) is 0.498. The second kappa shape index (κ2) is 5.47. The van der Waals surface area contributed by atoms with Gasteiger partial charge in [-0.1, -0.05) is 0 Å². The molecule has 0 saturated carbocycles. The normalized spacial score (nSPS) is 24.4. The summed E-state index contributed by atoms with van der Waals surface area (Å²) in [6.07, 6.45) is 2.16. The molecule has 2 atom stereocenters. The molecule has 0 unspecified atom stereocenters. The number of hydrogen-bond acceptors (Lipinski definition) is 4. The van der Waals surface area contributed by atoms with E-state index < -0.39 is 0 Å². The van der Waals surface area contributed by atoms with Crippen molar-refractivity contribution in [3.63, 3.8) is 0 Å². The molecule has 118 valence electrons. The van der Waals surface area contributed by atoms with Crippen LogP contribution in [-0.2, 0) is 9.59 Å². The summed E-state index contributed by atoms with van der Waals surface area (Å²) in [5, 5.41) is 2.85. The van der Waals surface area contributed by atoms with Crippen molar-refractivity contribution in [3.05, 3.63) is 23.7 Å². The van der Waals surface area contributed by atoms with Crippen molar-refractivity contribution in [2.45, 2.75) is 32.4 Å². The Kier molecular flexibility index (Phi) is 3.64. The molecule has 1 aromatic heterocycles. The van der Waals surface area contributed by atoms with Gasteiger partial charge in [0.2, 0.25) is 11.8 Å². The Morgan fingerprint density at radius 1 is 1.36 bits per heavy atom. The molecule has 0 bridgehead atoms. The predicted octanol–water partition coefficient (Wildman–Crippen LogP) is 0.149. The van der Waals surface area contributed by atoms with Crippen LogP contribution in [0.15, 0.2) is 16.7 Å². The first kappa shape index (κ1) is 14.6. The zero-order chi connectivity index (χ0) is 15.9. The summed E-state index contributed by atoms with van der Waals surface area (Å²) in [4.78, 5) is 39.3. The van der Waals surface area contributed by atoms with Crippen LogP contribution in [0.5, 0.6) is 0 Å². The molecule has 2 saturated heterocycles. The van der Waals surface area contributed by atoms with Gasteiger partial charge in [0, 0.05) is 26.1 Å². The molecule has 3 heterocycles. The maximum absolute atomic E-state index is 12.5. The van der Waals surface area contributed by atoms with Crippen LogP contribution >= 0.6 is 0 Å². The van der Waals surface area contributed by atoms with E-state index in [1.165, 1.54) is 13.2 Å². The lowest BCUT2D eigenvalue weighted by atomic mass is 10.1. The minimum atomic E-state index is -0.178. The van der Waals surface area contributed by atoms with Crippen molar-refractivity contribution in [1.82, 2.24) is 15.1 Å². The third-order valence-corrected chi connectivity index (χ3v) is 4.28. The number of carbonyl (C=O) groups excluding carboxylic acids is 3. The minimum Gasteiger partial charge on any atom is -0.469 e. The number of carbonyl (C=O) groups is 3. The van der Waals surface area contributed by atoms with Gasteiger partial charge in [0.05, 0.1) is 17.9 Å². The van der Waals surface area contributed by atoms with Crippen molar-refractivity contribution in [2.75, 3.05) is 19.6 Å². The second-order valence-electron chi connectivity index (χ2n) is 5.91. The molecule has 0 aliphatic carbocycles. The molecule has 22 heavy (non-hydrogen) atoms. The summed E-state index contributed by atoms with van der Waals surface area (Å²) in [7, 11) is 0. The minimum absolute atomic E-state index is 0.0304. The molecule has 7 nitrogen and oxygen atoms in total. The molecule has 1 N–H and O–H groups in total. The maximum Gasteiger partial charge on any atom is 0.257 e. The monoisotopic (exact) mass is 305 g/mol. The van der Waals surface area contributed by atoms with E-state index in [1.807, 2.05) is 0 Å². The zero-order valence-electron chi connectivity index (χ0n) is 12.7. The van der Waals surface area contributed by atoms with E-state index in [4.69, 9.17) is 4.42 Å². The van der Waals surface area contributed by atoms with Gasteiger partial charge in [-0.3, -0.25) is 14.4 Å². The van der Waals surface area contributed by atoms with Crippen LogP contribution in [0.1, 0.15) is 29.5 Å². The van der Waals surface area contributed by atoms with E-state index in [0.717, 1.165) is 0 Å². The number of amides is 3. The lowest BCUT2D eigenvalue weighted by molar-refractivity contribution is -0.136. The fraction of sp³-hybridized carbons (Fsp3) is 0.533. The summed E-state index contributed by atoms with van der Waals surface area (Å²) >= 11 is 0. The maximum atomic E-state index is 12.5. The van der Waals surface area contributed by atoms with Gasteiger partial charge in [0.25, 0.3) is 5.91 Å². The molecule has 2 aliphatic rings. The largest absolute Gasteiger partial charge is 0.469 e. The van der Waals surface area contributed by atoms with Crippen LogP contribution in [0.4, 0.5) is 0 Å². The average molecular weight is 305 g/mol. The Morgan fingerprint density at radius 2 is 2.14 bits per heavy atom. The van der Waals surface area contributed by atoms with Gasteiger partial charge in [0.1, 0.15) is 12.3 Å². The highest BCUT2D eigenvalue weighted by Crippen LogP contribution is 2.24. The van der Waals surface area contributed by atoms with Gasteiger partial charge in [-0.2, -0.15) is 0 Å². The van der Waals surface area contributed by atoms with Crippen molar-refractivity contribution in [1.29, 1.82) is 0 Å². The van der Waals surface area contributed by atoms with Crippen LogP contribution < -0.4 is 5.32 Å². The Hall–Kier alpha value is -2.31. The molecule has 7 heteroatoms. The summed E-state index contributed by atoms with van der Waals surface area (Å²) in [6.45, 7) is 4.29. The SMILES string of the molecule is CC(=O)N[C@H]1C[C@H]2CN(C(=O)c3ccoc3C)CC(=O)N2C1. The molecule has 0 spiro atoms. The third-order valence-electron chi connectivity index (χ3n) is 4.28. The van der Waals surface area contributed by atoms with Gasteiger partial charge >= 0.3 is 0 Å². The van der Waals surface area contributed by atoms with Crippen molar-refractivity contribution in [3.8, 4) is 0 Å². The van der Waals surface area contributed by atoms with E-state index in [9.17, 15) is 14.4 Å². The van der Waals surface area contributed by atoms with Crippen molar-refractivity contribution < 1.29 is 18.8 Å². The molecule has 1 aromatic rings. The molecule has 0 radical (unpaired) electrons. The topological polar surface area (TPSA) is 82.9 Å². The molecule has 2 aliphatic heterocycles.